The lowest BCUT2D eigenvalue weighted by molar-refractivity contribution is 0.389. The van der Waals surface area contributed by atoms with Gasteiger partial charge in [-0.25, -0.2) is 0 Å². The van der Waals surface area contributed by atoms with Crippen molar-refractivity contribution in [3.8, 4) is 11.5 Å². The van der Waals surface area contributed by atoms with E-state index in [0.29, 0.717) is 0 Å². The standard InChI is InChI=1S/C14H21NO2/c1-16-13-6-5-12(14(9-13)17-2)10-15-8-7-11-3-4-11/h5-6,9,11,15H,3-4,7-8,10H2,1-2H3. The molecule has 0 atom stereocenters. The molecule has 1 aromatic carbocycles. The quantitative estimate of drug-likeness (QED) is 0.737. The predicted molar refractivity (Wildman–Crippen MR) is 68.6 cm³/mol. The Morgan fingerprint density at radius 2 is 2.06 bits per heavy atom. The van der Waals surface area contributed by atoms with Crippen LogP contribution in [0.15, 0.2) is 18.2 Å². The summed E-state index contributed by atoms with van der Waals surface area (Å²) < 4.78 is 10.5. The number of methoxy groups -OCH3 is 2. The first kappa shape index (κ1) is 12.2. The highest BCUT2D eigenvalue weighted by Gasteiger charge is 2.19. The first-order chi connectivity index (χ1) is 8.33. The van der Waals surface area contributed by atoms with Gasteiger partial charge < -0.3 is 14.8 Å². The average molecular weight is 235 g/mol. The average Bonchev–Trinajstić information content (AvgIpc) is 3.18. The smallest absolute Gasteiger partial charge is 0.127 e. The third-order valence-corrected chi connectivity index (χ3v) is 3.24. The molecule has 3 heteroatoms. The van der Waals surface area contributed by atoms with Crippen molar-refractivity contribution in [2.24, 2.45) is 5.92 Å². The largest absolute Gasteiger partial charge is 0.497 e. The molecule has 0 heterocycles. The van der Waals surface area contributed by atoms with Crippen LogP contribution in [0.4, 0.5) is 0 Å². The van der Waals surface area contributed by atoms with Crippen LogP contribution in [0.2, 0.25) is 0 Å². The van der Waals surface area contributed by atoms with Gasteiger partial charge in [-0.1, -0.05) is 18.9 Å². The third kappa shape index (κ3) is 3.63. The summed E-state index contributed by atoms with van der Waals surface area (Å²) >= 11 is 0. The van der Waals surface area contributed by atoms with Crippen LogP contribution in [-0.2, 0) is 6.54 Å². The summed E-state index contributed by atoms with van der Waals surface area (Å²) in [7, 11) is 3.37. The number of hydrogen-bond donors (Lipinski definition) is 1. The lowest BCUT2D eigenvalue weighted by Gasteiger charge is -2.11. The topological polar surface area (TPSA) is 30.5 Å². The van der Waals surface area contributed by atoms with Gasteiger partial charge >= 0.3 is 0 Å². The fraction of sp³-hybridized carbons (Fsp3) is 0.571. The van der Waals surface area contributed by atoms with Gasteiger partial charge in [0.15, 0.2) is 0 Å². The molecule has 0 bridgehead atoms. The highest BCUT2D eigenvalue weighted by molar-refractivity contribution is 5.40. The molecule has 0 aliphatic heterocycles. The van der Waals surface area contributed by atoms with Gasteiger partial charge in [0.05, 0.1) is 14.2 Å². The Bertz CT molecular complexity index is 361. The van der Waals surface area contributed by atoms with Gasteiger partial charge in [0.25, 0.3) is 0 Å². The van der Waals surface area contributed by atoms with Crippen LogP contribution in [0.5, 0.6) is 11.5 Å². The lowest BCUT2D eigenvalue weighted by atomic mass is 10.2. The van der Waals surface area contributed by atoms with Gasteiger partial charge in [0.1, 0.15) is 11.5 Å². The summed E-state index contributed by atoms with van der Waals surface area (Å²) in [5, 5.41) is 3.46. The second-order valence-corrected chi connectivity index (χ2v) is 4.59. The molecule has 0 spiro atoms. The summed E-state index contributed by atoms with van der Waals surface area (Å²) in [5.74, 6) is 2.71. The van der Waals surface area contributed by atoms with Crippen molar-refractivity contribution in [1.82, 2.24) is 5.32 Å². The summed E-state index contributed by atoms with van der Waals surface area (Å²) in [6.45, 7) is 1.96. The van der Waals surface area contributed by atoms with Crippen LogP contribution in [0.3, 0.4) is 0 Å². The van der Waals surface area contributed by atoms with E-state index in [1.165, 1.54) is 24.8 Å². The van der Waals surface area contributed by atoms with Gasteiger partial charge in [-0.15, -0.1) is 0 Å². The van der Waals surface area contributed by atoms with E-state index in [0.717, 1.165) is 30.5 Å². The van der Waals surface area contributed by atoms with Gasteiger partial charge in [0, 0.05) is 18.2 Å². The molecule has 1 saturated carbocycles. The van der Waals surface area contributed by atoms with Crippen LogP contribution in [0.25, 0.3) is 0 Å². The van der Waals surface area contributed by atoms with Gasteiger partial charge in [0.2, 0.25) is 0 Å². The van der Waals surface area contributed by atoms with Gasteiger partial charge in [-0.2, -0.15) is 0 Å². The predicted octanol–water partition coefficient (Wildman–Crippen LogP) is 2.59. The minimum atomic E-state index is 0.837. The highest BCUT2D eigenvalue weighted by Crippen LogP contribution is 2.31. The molecule has 17 heavy (non-hydrogen) atoms. The minimum absolute atomic E-state index is 0.837. The van der Waals surface area contributed by atoms with E-state index in [9.17, 15) is 0 Å². The van der Waals surface area contributed by atoms with E-state index in [1.54, 1.807) is 14.2 Å². The third-order valence-electron chi connectivity index (χ3n) is 3.24. The first-order valence-corrected chi connectivity index (χ1v) is 6.25. The Kier molecular flexibility index (Phi) is 4.26. The number of rotatable bonds is 7. The Morgan fingerprint density at radius 1 is 1.24 bits per heavy atom. The second-order valence-electron chi connectivity index (χ2n) is 4.59. The molecule has 1 aliphatic carbocycles. The second kappa shape index (κ2) is 5.92. The zero-order chi connectivity index (χ0) is 12.1. The summed E-state index contributed by atoms with van der Waals surface area (Å²) in [6.07, 6.45) is 4.15. The molecule has 2 rings (SSSR count). The van der Waals surface area contributed by atoms with E-state index in [1.807, 2.05) is 12.1 Å². The fourth-order valence-electron chi connectivity index (χ4n) is 1.93. The molecule has 1 aromatic rings. The van der Waals surface area contributed by atoms with Crippen LogP contribution in [0, 0.1) is 5.92 Å². The van der Waals surface area contributed by atoms with Crippen molar-refractivity contribution in [2.45, 2.75) is 25.8 Å². The lowest BCUT2D eigenvalue weighted by Crippen LogP contribution is -2.15. The van der Waals surface area contributed by atoms with Crippen molar-refractivity contribution in [2.75, 3.05) is 20.8 Å². The molecule has 0 unspecified atom stereocenters. The summed E-state index contributed by atoms with van der Waals surface area (Å²) in [6, 6.07) is 5.96. The van der Waals surface area contributed by atoms with Crippen LogP contribution < -0.4 is 14.8 Å². The zero-order valence-corrected chi connectivity index (χ0v) is 10.7. The van der Waals surface area contributed by atoms with Gasteiger partial charge in [-0.05, 0) is 24.9 Å². The van der Waals surface area contributed by atoms with E-state index in [4.69, 9.17) is 9.47 Å². The molecule has 94 valence electrons. The van der Waals surface area contributed by atoms with E-state index >= 15 is 0 Å². The van der Waals surface area contributed by atoms with Crippen molar-refractivity contribution in [3.05, 3.63) is 23.8 Å². The van der Waals surface area contributed by atoms with Crippen molar-refractivity contribution < 1.29 is 9.47 Å². The van der Waals surface area contributed by atoms with Crippen LogP contribution >= 0.6 is 0 Å². The zero-order valence-electron chi connectivity index (χ0n) is 10.7. The number of ether oxygens (including phenoxy) is 2. The maximum Gasteiger partial charge on any atom is 0.127 e. The summed E-state index contributed by atoms with van der Waals surface area (Å²) in [4.78, 5) is 0. The molecular formula is C14H21NO2. The SMILES string of the molecule is COc1ccc(CNCCC2CC2)c(OC)c1. The normalized spacial score (nSPS) is 14.7. The molecule has 1 aliphatic rings. The Balaban J connectivity index is 1.84. The van der Waals surface area contributed by atoms with Crippen molar-refractivity contribution in [3.63, 3.8) is 0 Å². The maximum atomic E-state index is 5.36. The first-order valence-electron chi connectivity index (χ1n) is 6.25. The monoisotopic (exact) mass is 235 g/mol. The molecule has 0 saturated heterocycles. The van der Waals surface area contributed by atoms with E-state index < -0.39 is 0 Å². The maximum absolute atomic E-state index is 5.36. The van der Waals surface area contributed by atoms with Crippen molar-refractivity contribution >= 4 is 0 Å². The summed E-state index contributed by atoms with van der Waals surface area (Å²) in [5.41, 5.74) is 1.18. The molecule has 1 N–H and O–H groups in total. The Labute approximate surface area is 103 Å². The van der Waals surface area contributed by atoms with E-state index in [-0.39, 0.29) is 0 Å². The molecule has 0 radical (unpaired) electrons. The molecule has 3 nitrogen and oxygen atoms in total. The molecule has 1 fully saturated rings. The fourth-order valence-corrected chi connectivity index (χ4v) is 1.93. The molecular weight excluding hydrogens is 214 g/mol. The van der Waals surface area contributed by atoms with Crippen LogP contribution in [0.1, 0.15) is 24.8 Å². The Morgan fingerprint density at radius 3 is 2.71 bits per heavy atom. The van der Waals surface area contributed by atoms with Crippen LogP contribution in [-0.4, -0.2) is 20.8 Å². The number of hydrogen-bond acceptors (Lipinski definition) is 3. The Hall–Kier alpha value is -1.22. The molecule has 0 amide bonds. The number of benzene rings is 1. The molecule has 0 aromatic heterocycles. The highest BCUT2D eigenvalue weighted by atomic mass is 16.5. The minimum Gasteiger partial charge on any atom is -0.497 e. The van der Waals surface area contributed by atoms with Gasteiger partial charge in [-0.3, -0.25) is 0 Å². The number of nitrogens with one attached hydrogen (secondary N) is 1. The van der Waals surface area contributed by atoms with E-state index in [2.05, 4.69) is 11.4 Å². The van der Waals surface area contributed by atoms with Crippen molar-refractivity contribution in [1.29, 1.82) is 0 Å².